The summed E-state index contributed by atoms with van der Waals surface area (Å²) in [6, 6.07) is 42.4. The van der Waals surface area contributed by atoms with Crippen molar-refractivity contribution in [3.8, 4) is 66.0 Å². The number of nitrogens with zero attached hydrogens (tertiary/aromatic N) is 4. The highest BCUT2D eigenvalue weighted by molar-refractivity contribution is 7.28. The van der Waals surface area contributed by atoms with Crippen LogP contribution in [-0.4, -0.2) is 0 Å². The van der Waals surface area contributed by atoms with Crippen LogP contribution in [-0.2, 0) is 0 Å². The highest BCUT2D eigenvalue weighted by Crippen LogP contribution is 2.54. The zero-order valence-electron chi connectivity index (χ0n) is 32.6. The second-order valence-electron chi connectivity index (χ2n) is 14.3. The summed E-state index contributed by atoms with van der Waals surface area (Å²) in [7, 11) is 0. The molecular formula is C50H30N4S6. The summed E-state index contributed by atoms with van der Waals surface area (Å²) in [6.45, 7) is 8.88. The molecule has 10 heteroatoms. The van der Waals surface area contributed by atoms with Crippen LogP contribution >= 0.6 is 68.0 Å². The first-order valence-corrected chi connectivity index (χ1v) is 23.7. The Morgan fingerprint density at radius 3 is 1.17 bits per heavy atom. The van der Waals surface area contributed by atoms with E-state index in [4.69, 9.17) is 0 Å². The fourth-order valence-electron chi connectivity index (χ4n) is 7.73. The van der Waals surface area contributed by atoms with Crippen molar-refractivity contribution in [3.05, 3.63) is 147 Å². The molecule has 0 fully saturated rings. The molecule has 0 saturated carbocycles. The summed E-state index contributed by atoms with van der Waals surface area (Å²) in [4.78, 5) is 7.04. The Morgan fingerprint density at radius 2 is 0.800 bits per heavy atom. The molecule has 60 heavy (non-hydrogen) atoms. The lowest BCUT2D eigenvalue weighted by Gasteiger charge is -2.18. The van der Waals surface area contributed by atoms with Crippen LogP contribution in [0.25, 0.3) is 85.2 Å². The first-order chi connectivity index (χ1) is 29.2. The highest BCUT2D eigenvalue weighted by atomic mass is 32.1. The van der Waals surface area contributed by atoms with Gasteiger partial charge in [0.05, 0.1) is 9.06 Å². The van der Waals surface area contributed by atoms with E-state index < -0.39 is 0 Å². The third kappa shape index (κ3) is 7.05. The maximum absolute atomic E-state index is 9.37. The number of fused-ring (bicyclic) bond motifs is 2. The highest BCUT2D eigenvalue weighted by Gasteiger charge is 2.26. The second kappa shape index (κ2) is 16.1. The largest absolute Gasteiger partial charge is 0.192 e. The average Bonchev–Trinajstić information content (AvgIpc) is 4.10. The minimum atomic E-state index is 0.138. The number of thiophene rings is 6. The van der Waals surface area contributed by atoms with Crippen LogP contribution in [0.3, 0.4) is 0 Å². The van der Waals surface area contributed by atoms with Crippen molar-refractivity contribution in [3.63, 3.8) is 0 Å². The lowest BCUT2D eigenvalue weighted by molar-refractivity contribution is 1.39. The molecule has 0 spiro atoms. The van der Waals surface area contributed by atoms with Gasteiger partial charge < -0.3 is 0 Å². The van der Waals surface area contributed by atoms with Gasteiger partial charge in [-0.15, -0.1) is 68.0 Å². The van der Waals surface area contributed by atoms with Crippen LogP contribution in [0.2, 0.25) is 0 Å². The topological polar surface area (TPSA) is 95.2 Å². The average molecular weight is 879 g/mol. The number of hydrogen-bond donors (Lipinski definition) is 0. The van der Waals surface area contributed by atoms with Crippen LogP contribution in [0, 0.1) is 73.0 Å². The van der Waals surface area contributed by atoms with Gasteiger partial charge in [-0.25, -0.2) is 0 Å². The molecule has 9 rings (SSSR count). The minimum absolute atomic E-state index is 0.138. The van der Waals surface area contributed by atoms with E-state index in [0.717, 1.165) is 18.8 Å². The molecule has 6 heterocycles. The standard InChI is InChI=1S/C50H30N4S6/c1-27-7-5-8-28(2)45(27)47-37-21-43(41-17-13-35(57-41)19-33-11-15-39(55-33)31(23-51)24-52)60-50(37)48(46-29(3)9-6-10-30(46)4)38-22-44(59-49(38)47)42-18-14-36(58-42)20-34-12-16-40(56-34)32(25-53)26-54/h5-22H,1-4H3/b33-19-,34-20-. The van der Waals surface area contributed by atoms with Gasteiger partial charge in [0.1, 0.15) is 35.4 Å². The molecule has 0 amide bonds. The van der Waals surface area contributed by atoms with Gasteiger partial charge in [-0.05, 0) is 134 Å². The van der Waals surface area contributed by atoms with Crippen molar-refractivity contribution in [2.24, 2.45) is 0 Å². The number of nitriles is 4. The molecule has 286 valence electrons. The molecule has 6 aromatic heterocycles. The predicted octanol–water partition coefficient (Wildman–Crippen LogP) is 12.3. The van der Waals surface area contributed by atoms with Gasteiger partial charge in [0.25, 0.3) is 0 Å². The fraction of sp³-hybridized carbons (Fsp3) is 0.0800. The van der Waals surface area contributed by atoms with E-state index in [1.165, 1.54) is 107 Å². The van der Waals surface area contributed by atoms with Crippen LogP contribution in [0.1, 0.15) is 32.0 Å². The van der Waals surface area contributed by atoms with E-state index in [0.29, 0.717) is 9.06 Å². The Labute approximate surface area is 370 Å². The quantitative estimate of drug-likeness (QED) is 0.166. The summed E-state index contributed by atoms with van der Waals surface area (Å²) in [6.07, 6.45) is 4.26. The van der Waals surface area contributed by atoms with Crippen LogP contribution in [0.5, 0.6) is 0 Å². The Hall–Kier alpha value is -6.18. The smallest absolute Gasteiger partial charge is 0.146 e. The van der Waals surface area contributed by atoms with Crippen molar-refractivity contribution in [1.82, 2.24) is 0 Å². The van der Waals surface area contributed by atoms with Gasteiger partial charge in [-0.2, -0.15) is 21.0 Å². The summed E-state index contributed by atoms with van der Waals surface area (Å²) < 4.78 is 5.92. The molecule has 0 radical (unpaired) electrons. The van der Waals surface area contributed by atoms with Crippen molar-refractivity contribution in [2.75, 3.05) is 0 Å². The maximum Gasteiger partial charge on any atom is 0.146 e. The summed E-state index contributed by atoms with van der Waals surface area (Å²) >= 11 is 10.1. The molecule has 0 unspecified atom stereocenters. The molecule has 0 bridgehead atoms. The first kappa shape index (κ1) is 39.3. The zero-order chi connectivity index (χ0) is 41.7. The SMILES string of the molecule is Cc1cccc(C)c1-c1c2cc(-c3ccc(/C=c4/ccc(=C(C#N)C#N)s4)s3)sc2c(-c2c(C)cccc2C)c2cc(-c3ccc(/C=c4/ccc(=C(C#N)C#N)s4)s3)sc12. The summed E-state index contributed by atoms with van der Waals surface area (Å²) in [5.41, 5.74) is 10.4. The van der Waals surface area contributed by atoms with Gasteiger partial charge in [0.15, 0.2) is 0 Å². The molecule has 0 saturated heterocycles. The molecule has 3 aromatic carbocycles. The second-order valence-corrected chi connectivity index (χ2v) is 20.9. The summed E-state index contributed by atoms with van der Waals surface area (Å²) in [5, 5.41) is 40.0. The van der Waals surface area contributed by atoms with Gasteiger partial charge in [-0.3, -0.25) is 0 Å². The molecule has 0 atom stereocenters. The van der Waals surface area contributed by atoms with E-state index in [1.807, 2.05) is 71.2 Å². The van der Waals surface area contributed by atoms with Crippen LogP contribution in [0.15, 0.2) is 97.1 Å². The van der Waals surface area contributed by atoms with E-state index >= 15 is 0 Å². The summed E-state index contributed by atoms with van der Waals surface area (Å²) in [5.74, 6) is 0. The number of benzene rings is 3. The van der Waals surface area contributed by atoms with E-state index in [1.54, 1.807) is 22.7 Å². The molecular weight excluding hydrogens is 849 g/mol. The lowest BCUT2D eigenvalue weighted by atomic mass is 9.87. The van der Waals surface area contributed by atoms with Crippen molar-refractivity contribution in [1.29, 1.82) is 21.0 Å². The van der Waals surface area contributed by atoms with Crippen molar-refractivity contribution < 1.29 is 0 Å². The first-order valence-electron chi connectivity index (χ1n) is 18.8. The van der Waals surface area contributed by atoms with Gasteiger partial charge in [0, 0.05) is 69.6 Å². The van der Waals surface area contributed by atoms with Crippen LogP contribution in [0.4, 0.5) is 0 Å². The Balaban J connectivity index is 1.27. The third-order valence-electron chi connectivity index (χ3n) is 10.4. The molecule has 0 aliphatic rings. The molecule has 0 N–H and O–H groups in total. The molecule has 9 aromatic rings. The number of rotatable bonds is 6. The third-order valence-corrected chi connectivity index (χ3v) is 17.3. The zero-order valence-corrected chi connectivity index (χ0v) is 37.5. The predicted molar refractivity (Wildman–Crippen MR) is 257 cm³/mol. The van der Waals surface area contributed by atoms with Gasteiger partial charge in [-0.1, -0.05) is 36.4 Å². The molecule has 0 aliphatic heterocycles. The molecule has 4 nitrogen and oxygen atoms in total. The van der Waals surface area contributed by atoms with Gasteiger partial charge in [0.2, 0.25) is 0 Å². The van der Waals surface area contributed by atoms with Crippen LogP contribution < -0.4 is 18.1 Å². The maximum atomic E-state index is 9.37. The fourth-order valence-corrected chi connectivity index (χ4v) is 14.2. The normalized spacial score (nSPS) is 11.8. The number of aryl methyl sites for hydroxylation is 4. The Bertz CT molecular complexity index is 3290. The van der Waals surface area contributed by atoms with E-state index in [-0.39, 0.29) is 11.1 Å². The molecule has 0 aliphatic carbocycles. The lowest BCUT2D eigenvalue weighted by Crippen LogP contribution is -1.96. The van der Waals surface area contributed by atoms with Crippen molar-refractivity contribution >= 4 is 111 Å². The Kier molecular flexibility index (Phi) is 10.6. The monoisotopic (exact) mass is 878 g/mol. The number of hydrogen-bond acceptors (Lipinski definition) is 10. The minimum Gasteiger partial charge on any atom is -0.192 e. The van der Waals surface area contributed by atoms with Gasteiger partial charge >= 0.3 is 0 Å². The van der Waals surface area contributed by atoms with E-state index in [9.17, 15) is 21.0 Å². The van der Waals surface area contributed by atoms with Crippen molar-refractivity contribution in [2.45, 2.75) is 27.7 Å². The Morgan fingerprint density at radius 1 is 0.417 bits per heavy atom. The van der Waals surface area contributed by atoms with E-state index in [2.05, 4.69) is 113 Å².